The molecule has 1 aromatic rings. The Kier molecular flexibility index (Phi) is 3.93. The van der Waals surface area contributed by atoms with Gasteiger partial charge in [-0.15, -0.1) is 0 Å². The first-order valence-corrected chi connectivity index (χ1v) is 8.15. The highest BCUT2D eigenvalue weighted by Gasteiger charge is 2.36. The number of carbonyl (C=O) groups is 1. The first kappa shape index (κ1) is 15.1. The Hall–Kier alpha value is -1.34. The second-order valence-electron chi connectivity index (χ2n) is 5.43. The molecule has 0 bridgehead atoms. The van der Waals surface area contributed by atoms with E-state index in [4.69, 9.17) is 5.11 Å². The molecule has 1 N–H and O–H groups in total. The number of nitrogens with zero attached hydrogens (tertiary/aromatic N) is 2. The lowest BCUT2D eigenvalue weighted by molar-refractivity contribution is 0.0685. The summed E-state index contributed by atoms with van der Waals surface area (Å²) in [6.45, 7) is 7.24. The van der Waals surface area contributed by atoms with Crippen LogP contribution in [0, 0.1) is 11.8 Å². The van der Waals surface area contributed by atoms with Gasteiger partial charge in [-0.05, 0) is 24.8 Å². The van der Waals surface area contributed by atoms with Crippen molar-refractivity contribution in [2.75, 3.05) is 13.1 Å². The zero-order valence-electron chi connectivity index (χ0n) is 11.9. The highest BCUT2D eigenvalue weighted by Crippen LogP contribution is 2.28. The van der Waals surface area contributed by atoms with Crippen molar-refractivity contribution < 1.29 is 18.3 Å². The van der Waals surface area contributed by atoms with Crippen LogP contribution < -0.4 is 0 Å². The monoisotopic (exact) mass is 300 g/mol. The summed E-state index contributed by atoms with van der Waals surface area (Å²) in [5.74, 6) is -0.481. The minimum Gasteiger partial charge on any atom is -0.477 e. The summed E-state index contributed by atoms with van der Waals surface area (Å²) >= 11 is 0. The van der Waals surface area contributed by atoms with E-state index >= 15 is 0 Å². The fourth-order valence-electron chi connectivity index (χ4n) is 2.49. The van der Waals surface area contributed by atoms with Gasteiger partial charge < -0.3 is 9.67 Å². The van der Waals surface area contributed by atoms with Gasteiger partial charge in [-0.1, -0.05) is 13.8 Å². The molecule has 2 unspecified atom stereocenters. The van der Waals surface area contributed by atoms with Gasteiger partial charge in [0.15, 0.2) is 0 Å². The molecule has 0 saturated carbocycles. The molecule has 2 rings (SSSR count). The Morgan fingerprint density at radius 1 is 1.35 bits per heavy atom. The third-order valence-corrected chi connectivity index (χ3v) is 5.82. The Morgan fingerprint density at radius 2 is 1.90 bits per heavy atom. The lowest BCUT2D eigenvalue weighted by atomic mass is 10.0. The lowest BCUT2D eigenvalue weighted by Crippen LogP contribution is -2.28. The largest absolute Gasteiger partial charge is 0.477 e. The first-order valence-electron chi connectivity index (χ1n) is 6.71. The molecule has 1 saturated heterocycles. The number of carboxylic acids is 1. The predicted octanol–water partition coefficient (Wildman–Crippen LogP) is 1.48. The van der Waals surface area contributed by atoms with Crippen molar-refractivity contribution in [3.63, 3.8) is 0 Å². The SMILES string of the molecule is CCn1cc(S(=O)(=O)N2CC(C)C(C)C2)cc1C(=O)O. The van der Waals surface area contributed by atoms with Crippen molar-refractivity contribution in [1.29, 1.82) is 0 Å². The predicted molar refractivity (Wildman–Crippen MR) is 74.2 cm³/mol. The third-order valence-electron chi connectivity index (χ3n) is 4.02. The number of rotatable bonds is 4. The average molecular weight is 300 g/mol. The molecule has 1 aromatic heterocycles. The zero-order valence-corrected chi connectivity index (χ0v) is 12.7. The highest BCUT2D eigenvalue weighted by molar-refractivity contribution is 7.89. The fraction of sp³-hybridized carbons (Fsp3) is 0.615. The van der Waals surface area contributed by atoms with Crippen molar-refractivity contribution in [1.82, 2.24) is 8.87 Å². The molecule has 0 aromatic carbocycles. The molecule has 6 nitrogen and oxygen atoms in total. The van der Waals surface area contributed by atoms with E-state index in [2.05, 4.69) is 0 Å². The van der Waals surface area contributed by atoms with Gasteiger partial charge in [-0.2, -0.15) is 4.31 Å². The van der Waals surface area contributed by atoms with Crippen molar-refractivity contribution in [2.45, 2.75) is 32.2 Å². The summed E-state index contributed by atoms with van der Waals surface area (Å²) in [5, 5.41) is 9.10. The summed E-state index contributed by atoms with van der Waals surface area (Å²) in [6, 6.07) is 1.24. The third kappa shape index (κ3) is 2.47. The van der Waals surface area contributed by atoms with Crippen LogP contribution in [0.25, 0.3) is 0 Å². The van der Waals surface area contributed by atoms with Gasteiger partial charge in [0.2, 0.25) is 10.0 Å². The Balaban J connectivity index is 2.38. The Bertz CT molecular complexity index is 610. The number of hydrogen-bond acceptors (Lipinski definition) is 3. The van der Waals surface area contributed by atoms with Gasteiger partial charge >= 0.3 is 5.97 Å². The van der Waals surface area contributed by atoms with E-state index in [1.165, 1.54) is 21.1 Å². The van der Waals surface area contributed by atoms with Crippen molar-refractivity contribution >= 4 is 16.0 Å². The molecule has 0 spiro atoms. The van der Waals surface area contributed by atoms with E-state index in [1.54, 1.807) is 6.92 Å². The van der Waals surface area contributed by atoms with E-state index in [-0.39, 0.29) is 10.6 Å². The normalized spacial score (nSPS) is 24.1. The summed E-state index contributed by atoms with van der Waals surface area (Å²) in [7, 11) is -3.60. The Morgan fingerprint density at radius 3 is 2.30 bits per heavy atom. The van der Waals surface area contributed by atoms with Gasteiger partial charge in [0.05, 0.1) is 0 Å². The van der Waals surface area contributed by atoms with E-state index in [0.717, 1.165) is 0 Å². The number of aryl methyl sites for hydroxylation is 1. The second kappa shape index (κ2) is 5.21. The van der Waals surface area contributed by atoms with Crippen LogP contribution in [-0.2, 0) is 16.6 Å². The first-order chi connectivity index (χ1) is 9.27. The van der Waals surface area contributed by atoms with Gasteiger partial charge in [0.25, 0.3) is 0 Å². The van der Waals surface area contributed by atoms with E-state index < -0.39 is 16.0 Å². The maximum absolute atomic E-state index is 12.5. The lowest BCUT2D eigenvalue weighted by Gasteiger charge is -2.14. The van der Waals surface area contributed by atoms with Crippen LogP contribution >= 0.6 is 0 Å². The summed E-state index contributed by atoms with van der Waals surface area (Å²) in [6.07, 6.45) is 1.41. The van der Waals surface area contributed by atoms with E-state index in [1.807, 2.05) is 13.8 Å². The quantitative estimate of drug-likeness (QED) is 0.913. The molecule has 112 valence electrons. The number of carboxylic acid groups (broad SMARTS) is 1. The number of aromatic carboxylic acids is 1. The maximum atomic E-state index is 12.5. The van der Waals surface area contributed by atoms with Crippen LogP contribution in [0.4, 0.5) is 0 Å². The summed E-state index contributed by atoms with van der Waals surface area (Å²) in [5.41, 5.74) is 0.00590. The number of hydrogen-bond donors (Lipinski definition) is 1. The van der Waals surface area contributed by atoms with Gasteiger partial charge in [0.1, 0.15) is 10.6 Å². The molecule has 1 aliphatic rings. The van der Waals surface area contributed by atoms with Crippen LogP contribution in [0.5, 0.6) is 0 Å². The minimum absolute atomic E-state index is 0.00590. The molecule has 2 atom stereocenters. The van der Waals surface area contributed by atoms with Crippen LogP contribution in [0.2, 0.25) is 0 Å². The van der Waals surface area contributed by atoms with Crippen molar-refractivity contribution in [2.24, 2.45) is 11.8 Å². The Labute approximate surface area is 119 Å². The molecule has 20 heavy (non-hydrogen) atoms. The highest BCUT2D eigenvalue weighted by atomic mass is 32.2. The van der Waals surface area contributed by atoms with Crippen LogP contribution in [0.15, 0.2) is 17.2 Å². The zero-order chi connectivity index (χ0) is 15.1. The average Bonchev–Trinajstić information content (AvgIpc) is 2.94. The van der Waals surface area contributed by atoms with Gasteiger partial charge in [-0.25, -0.2) is 13.2 Å². The van der Waals surface area contributed by atoms with Crippen molar-refractivity contribution in [3.05, 3.63) is 18.0 Å². The van der Waals surface area contributed by atoms with E-state index in [0.29, 0.717) is 31.5 Å². The number of sulfonamides is 1. The molecular formula is C13H20N2O4S. The molecule has 0 radical (unpaired) electrons. The molecule has 1 aliphatic heterocycles. The minimum atomic E-state index is -3.60. The second-order valence-corrected chi connectivity index (χ2v) is 7.37. The summed E-state index contributed by atoms with van der Waals surface area (Å²) < 4.78 is 28.0. The molecule has 7 heteroatoms. The standard InChI is InChI=1S/C13H20N2O4S/c1-4-14-8-11(5-12(14)13(16)17)20(18,19)15-6-9(2)10(3)7-15/h5,8-10H,4,6-7H2,1-3H3,(H,16,17). The molecule has 0 amide bonds. The topological polar surface area (TPSA) is 79.6 Å². The molecule has 1 fully saturated rings. The summed E-state index contributed by atoms with van der Waals surface area (Å²) in [4.78, 5) is 11.2. The van der Waals surface area contributed by atoms with Crippen LogP contribution in [0.3, 0.4) is 0 Å². The molecule has 2 heterocycles. The van der Waals surface area contributed by atoms with Crippen molar-refractivity contribution in [3.8, 4) is 0 Å². The maximum Gasteiger partial charge on any atom is 0.352 e. The molecular weight excluding hydrogens is 280 g/mol. The van der Waals surface area contributed by atoms with Gasteiger partial charge in [0, 0.05) is 25.8 Å². The van der Waals surface area contributed by atoms with Crippen LogP contribution in [-0.4, -0.2) is 41.5 Å². The van der Waals surface area contributed by atoms with Crippen LogP contribution in [0.1, 0.15) is 31.3 Å². The van der Waals surface area contributed by atoms with Gasteiger partial charge in [-0.3, -0.25) is 0 Å². The number of aromatic nitrogens is 1. The molecule has 0 aliphatic carbocycles. The smallest absolute Gasteiger partial charge is 0.352 e. The fourth-order valence-corrected chi connectivity index (χ4v) is 4.17. The van der Waals surface area contributed by atoms with E-state index in [9.17, 15) is 13.2 Å².